The van der Waals surface area contributed by atoms with Gasteiger partial charge in [-0.25, -0.2) is 8.78 Å². The predicted octanol–water partition coefficient (Wildman–Crippen LogP) is 2.15. The molecule has 1 aliphatic carbocycles. The van der Waals surface area contributed by atoms with E-state index < -0.39 is 23.5 Å². The fourth-order valence-corrected chi connectivity index (χ4v) is 1.61. The van der Waals surface area contributed by atoms with E-state index in [1.165, 1.54) is 6.07 Å². The fourth-order valence-electron chi connectivity index (χ4n) is 1.61. The van der Waals surface area contributed by atoms with E-state index in [1.807, 2.05) is 0 Å². The van der Waals surface area contributed by atoms with Gasteiger partial charge in [0.2, 0.25) is 0 Å². The van der Waals surface area contributed by atoms with Crippen LogP contribution in [-0.2, 0) is 4.79 Å². The second kappa shape index (κ2) is 3.04. The van der Waals surface area contributed by atoms with Gasteiger partial charge in [-0.2, -0.15) is 0 Å². The largest absolute Gasteiger partial charge is 0.481 e. The Hall–Kier alpha value is -1.45. The van der Waals surface area contributed by atoms with Crippen molar-refractivity contribution in [2.45, 2.75) is 12.3 Å². The van der Waals surface area contributed by atoms with E-state index in [1.54, 1.807) is 0 Å². The average molecular weight is 198 g/mol. The van der Waals surface area contributed by atoms with Crippen LogP contribution in [0.25, 0.3) is 0 Å². The van der Waals surface area contributed by atoms with Gasteiger partial charge in [0.05, 0.1) is 5.92 Å². The van der Waals surface area contributed by atoms with E-state index in [0.717, 1.165) is 12.1 Å². The lowest BCUT2D eigenvalue weighted by Crippen LogP contribution is -2.00. The lowest BCUT2D eigenvalue weighted by molar-refractivity contribution is -0.138. The predicted molar refractivity (Wildman–Crippen MR) is 44.8 cm³/mol. The number of rotatable bonds is 2. The molecular formula is C10H8F2O2. The maximum atomic E-state index is 13.1. The first-order valence-electron chi connectivity index (χ1n) is 4.27. The average Bonchev–Trinajstić information content (AvgIpc) is 2.83. The van der Waals surface area contributed by atoms with Crippen LogP contribution in [0.5, 0.6) is 0 Å². The SMILES string of the molecule is O=C(O)[C@H]1C[C@@H]1c1ccc(F)cc1F. The molecule has 2 atom stereocenters. The van der Waals surface area contributed by atoms with Gasteiger partial charge in [0.25, 0.3) is 0 Å². The smallest absolute Gasteiger partial charge is 0.307 e. The highest BCUT2D eigenvalue weighted by Gasteiger charge is 2.45. The number of carboxylic acids is 1. The number of hydrogen-bond acceptors (Lipinski definition) is 1. The highest BCUT2D eigenvalue weighted by molar-refractivity contribution is 5.75. The van der Waals surface area contributed by atoms with Gasteiger partial charge in [0.1, 0.15) is 11.6 Å². The van der Waals surface area contributed by atoms with Gasteiger partial charge in [-0.1, -0.05) is 6.07 Å². The monoisotopic (exact) mass is 198 g/mol. The second-order valence-corrected chi connectivity index (χ2v) is 3.45. The van der Waals surface area contributed by atoms with Crippen molar-refractivity contribution in [2.75, 3.05) is 0 Å². The van der Waals surface area contributed by atoms with Gasteiger partial charge >= 0.3 is 5.97 Å². The number of hydrogen-bond donors (Lipinski definition) is 1. The van der Waals surface area contributed by atoms with E-state index in [4.69, 9.17) is 5.11 Å². The van der Waals surface area contributed by atoms with Gasteiger partial charge in [-0.15, -0.1) is 0 Å². The van der Waals surface area contributed by atoms with Crippen LogP contribution in [0.4, 0.5) is 8.78 Å². The van der Waals surface area contributed by atoms with Crippen molar-refractivity contribution in [3.8, 4) is 0 Å². The fraction of sp³-hybridized carbons (Fsp3) is 0.300. The number of benzene rings is 1. The standard InChI is InChI=1S/C10H8F2O2/c11-5-1-2-6(9(12)3-5)7-4-8(7)10(13)14/h1-3,7-8H,4H2,(H,13,14)/t7-,8+/m1/s1. The molecule has 2 nitrogen and oxygen atoms in total. The molecule has 1 N–H and O–H groups in total. The molecule has 0 spiro atoms. The van der Waals surface area contributed by atoms with Crippen molar-refractivity contribution in [1.82, 2.24) is 0 Å². The Kier molecular flexibility index (Phi) is 1.98. The maximum absolute atomic E-state index is 13.1. The van der Waals surface area contributed by atoms with Gasteiger partial charge < -0.3 is 5.11 Å². The van der Waals surface area contributed by atoms with Crippen molar-refractivity contribution in [3.63, 3.8) is 0 Å². The van der Waals surface area contributed by atoms with Crippen LogP contribution in [0.2, 0.25) is 0 Å². The van der Waals surface area contributed by atoms with Gasteiger partial charge in [-0.3, -0.25) is 4.79 Å². The summed E-state index contributed by atoms with van der Waals surface area (Å²) in [5, 5.41) is 8.63. The molecule has 0 saturated heterocycles. The molecule has 0 aromatic heterocycles. The third-order valence-electron chi connectivity index (χ3n) is 2.47. The Morgan fingerprint density at radius 3 is 2.64 bits per heavy atom. The van der Waals surface area contributed by atoms with Crippen LogP contribution in [0.3, 0.4) is 0 Å². The zero-order valence-corrected chi connectivity index (χ0v) is 7.21. The topological polar surface area (TPSA) is 37.3 Å². The van der Waals surface area contributed by atoms with E-state index in [9.17, 15) is 13.6 Å². The van der Waals surface area contributed by atoms with Crippen LogP contribution >= 0.6 is 0 Å². The Morgan fingerprint density at radius 2 is 2.14 bits per heavy atom. The quantitative estimate of drug-likeness (QED) is 0.790. The Bertz CT molecular complexity index is 390. The minimum atomic E-state index is -0.918. The van der Waals surface area contributed by atoms with Crippen molar-refractivity contribution >= 4 is 5.97 Å². The molecule has 1 aromatic carbocycles. The molecule has 74 valence electrons. The summed E-state index contributed by atoms with van der Waals surface area (Å²) in [4.78, 5) is 10.5. The summed E-state index contributed by atoms with van der Waals surface area (Å²) in [6, 6.07) is 3.25. The van der Waals surface area contributed by atoms with E-state index >= 15 is 0 Å². The highest BCUT2D eigenvalue weighted by Crippen LogP contribution is 2.48. The molecule has 1 fully saturated rings. The van der Waals surface area contributed by atoms with E-state index in [0.29, 0.717) is 12.0 Å². The maximum Gasteiger partial charge on any atom is 0.307 e. The third kappa shape index (κ3) is 1.47. The Morgan fingerprint density at radius 1 is 1.43 bits per heavy atom. The molecule has 1 aliphatic rings. The molecule has 1 saturated carbocycles. The number of carboxylic acid groups (broad SMARTS) is 1. The molecule has 0 heterocycles. The first-order valence-corrected chi connectivity index (χ1v) is 4.27. The molecule has 2 rings (SSSR count). The van der Waals surface area contributed by atoms with Crippen LogP contribution in [0, 0.1) is 17.6 Å². The summed E-state index contributed by atoms with van der Waals surface area (Å²) in [5.41, 5.74) is 0.304. The Balaban J connectivity index is 2.23. The van der Waals surface area contributed by atoms with Crippen LogP contribution in [0.1, 0.15) is 17.9 Å². The lowest BCUT2D eigenvalue weighted by atomic mass is 10.1. The summed E-state index contributed by atoms with van der Waals surface area (Å²) in [5.74, 6) is -3.00. The molecular weight excluding hydrogens is 190 g/mol. The molecule has 0 aliphatic heterocycles. The van der Waals surface area contributed by atoms with E-state index in [2.05, 4.69) is 0 Å². The number of halogens is 2. The summed E-state index contributed by atoms with van der Waals surface area (Å²) < 4.78 is 25.7. The van der Waals surface area contributed by atoms with Gasteiger partial charge in [0, 0.05) is 12.0 Å². The van der Waals surface area contributed by atoms with Gasteiger partial charge in [-0.05, 0) is 18.1 Å². The summed E-state index contributed by atoms with van der Waals surface area (Å²) in [6.07, 6.45) is 0.442. The zero-order valence-electron chi connectivity index (χ0n) is 7.21. The van der Waals surface area contributed by atoms with Crippen molar-refractivity contribution in [1.29, 1.82) is 0 Å². The first-order chi connectivity index (χ1) is 6.59. The van der Waals surface area contributed by atoms with Crippen LogP contribution < -0.4 is 0 Å². The Labute approximate surface area is 79.2 Å². The summed E-state index contributed by atoms with van der Waals surface area (Å²) in [7, 11) is 0. The normalized spacial score (nSPS) is 24.7. The summed E-state index contributed by atoms with van der Waals surface area (Å²) in [6.45, 7) is 0. The molecule has 0 radical (unpaired) electrons. The molecule has 0 bridgehead atoms. The number of carbonyl (C=O) groups is 1. The third-order valence-corrected chi connectivity index (χ3v) is 2.47. The van der Waals surface area contributed by atoms with E-state index in [-0.39, 0.29) is 5.92 Å². The molecule has 4 heteroatoms. The first kappa shape index (κ1) is 9.12. The summed E-state index contributed by atoms with van der Waals surface area (Å²) >= 11 is 0. The second-order valence-electron chi connectivity index (χ2n) is 3.45. The molecule has 0 amide bonds. The molecule has 14 heavy (non-hydrogen) atoms. The van der Waals surface area contributed by atoms with Crippen LogP contribution in [0.15, 0.2) is 18.2 Å². The van der Waals surface area contributed by atoms with Crippen LogP contribution in [-0.4, -0.2) is 11.1 Å². The zero-order chi connectivity index (χ0) is 10.3. The molecule has 1 aromatic rings. The highest BCUT2D eigenvalue weighted by atomic mass is 19.1. The minimum absolute atomic E-state index is 0.284. The van der Waals surface area contributed by atoms with Crippen molar-refractivity contribution < 1.29 is 18.7 Å². The van der Waals surface area contributed by atoms with Crippen molar-refractivity contribution in [3.05, 3.63) is 35.4 Å². The molecule has 0 unspecified atom stereocenters. The number of aliphatic carboxylic acids is 1. The van der Waals surface area contributed by atoms with Crippen molar-refractivity contribution in [2.24, 2.45) is 5.92 Å². The lowest BCUT2D eigenvalue weighted by Gasteiger charge is -2.00. The minimum Gasteiger partial charge on any atom is -0.481 e. The van der Waals surface area contributed by atoms with Gasteiger partial charge in [0.15, 0.2) is 0 Å².